The van der Waals surface area contributed by atoms with Crippen LogP contribution in [0.25, 0.3) is 0 Å². The fraction of sp³-hybridized carbons (Fsp3) is 0.500. The van der Waals surface area contributed by atoms with Gasteiger partial charge in [-0.1, -0.05) is 13.8 Å². The van der Waals surface area contributed by atoms with Crippen molar-refractivity contribution in [1.82, 2.24) is 4.98 Å². The Balaban J connectivity index is 2.49. The molecule has 0 aliphatic heterocycles. The monoisotopic (exact) mass is 263 g/mol. The molecule has 1 heterocycles. The van der Waals surface area contributed by atoms with Crippen LogP contribution in [0.2, 0.25) is 0 Å². The molecule has 0 aromatic carbocycles. The highest BCUT2D eigenvalue weighted by Crippen LogP contribution is 2.16. The molecule has 0 spiro atoms. The van der Waals surface area contributed by atoms with E-state index in [1.54, 1.807) is 5.38 Å². The predicted octanol–water partition coefficient (Wildman–Crippen LogP) is 2.72. The van der Waals surface area contributed by atoms with Gasteiger partial charge in [0.1, 0.15) is 0 Å². The van der Waals surface area contributed by atoms with Crippen LogP contribution in [-0.4, -0.2) is 17.6 Å². The van der Waals surface area contributed by atoms with Gasteiger partial charge in [-0.15, -0.1) is 11.3 Å². The minimum Gasteiger partial charge on any atom is -0.461 e. The van der Waals surface area contributed by atoms with Crippen molar-refractivity contribution >= 4 is 33.2 Å². The maximum Gasteiger partial charge on any atom is 0.357 e. The van der Waals surface area contributed by atoms with Crippen molar-refractivity contribution in [1.29, 1.82) is 0 Å². The number of hydrogen-bond donors (Lipinski definition) is 0. The van der Waals surface area contributed by atoms with E-state index in [9.17, 15) is 4.79 Å². The van der Waals surface area contributed by atoms with Crippen LogP contribution in [0.5, 0.6) is 0 Å². The largest absolute Gasteiger partial charge is 0.461 e. The number of nitrogens with zero attached hydrogens (tertiary/aromatic N) is 1. The van der Waals surface area contributed by atoms with Gasteiger partial charge in [-0.3, -0.25) is 0 Å². The number of rotatable bonds is 3. The minimum atomic E-state index is -0.351. The van der Waals surface area contributed by atoms with Gasteiger partial charge >= 0.3 is 5.97 Å². The number of esters is 1. The van der Waals surface area contributed by atoms with Crippen LogP contribution < -0.4 is 0 Å². The number of halogens is 1. The van der Waals surface area contributed by atoms with E-state index >= 15 is 0 Å². The van der Waals surface area contributed by atoms with E-state index in [1.807, 2.05) is 13.8 Å². The van der Waals surface area contributed by atoms with Crippen molar-refractivity contribution in [2.24, 2.45) is 5.92 Å². The summed E-state index contributed by atoms with van der Waals surface area (Å²) in [7, 11) is 0. The van der Waals surface area contributed by atoms with Crippen molar-refractivity contribution in [3.05, 3.63) is 15.0 Å². The molecule has 0 saturated heterocycles. The highest BCUT2D eigenvalue weighted by atomic mass is 79.9. The van der Waals surface area contributed by atoms with E-state index in [2.05, 4.69) is 20.9 Å². The van der Waals surface area contributed by atoms with Crippen LogP contribution in [0, 0.1) is 5.92 Å². The summed E-state index contributed by atoms with van der Waals surface area (Å²) >= 11 is 4.55. The molecule has 0 fully saturated rings. The summed E-state index contributed by atoms with van der Waals surface area (Å²) in [6.07, 6.45) is 0. The summed E-state index contributed by atoms with van der Waals surface area (Å²) in [4.78, 5) is 15.2. The first-order valence-electron chi connectivity index (χ1n) is 3.87. The van der Waals surface area contributed by atoms with Crippen LogP contribution in [-0.2, 0) is 4.74 Å². The van der Waals surface area contributed by atoms with Crippen molar-refractivity contribution < 1.29 is 9.53 Å². The topological polar surface area (TPSA) is 39.2 Å². The van der Waals surface area contributed by atoms with Crippen LogP contribution in [0.4, 0.5) is 0 Å². The zero-order chi connectivity index (χ0) is 9.84. The number of aromatic nitrogens is 1. The molecule has 0 saturated carbocycles. The maximum atomic E-state index is 11.3. The van der Waals surface area contributed by atoms with Gasteiger partial charge in [0.25, 0.3) is 0 Å². The molecule has 0 aliphatic carbocycles. The molecule has 1 aromatic rings. The molecule has 0 atom stereocenters. The Hall–Kier alpha value is -0.420. The quantitative estimate of drug-likeness (QED) is 0.788. The Morgan fingerprint density at radius 1 is 1.77 bits per heavy atom. The summed E-state index contributed by atoms with van der Waals surface area (Å²) in [5.41, 5.74) is 0.373. The van der Waals surface area contributed by atoms with Gasteiger partial charge in [0.05, 0.1) is 6.61 Å². The molecule has 1 rings (SSSR count). The Morgan fingerprint density at radius 3 is 2.92 bits per heavy atom. The minimum absolute atomic E-state index is 0.351. The molecule has 0 bridgehead atoms. The molecular weight excluding hydrogens is 254 g/mol. The molecule has 0 aliphatic rings. The second kappa shape index (κ2) is 4.72. The summed E-state index contributed by atoms with van der Waals surface area (Å²) in [5.74, 6) is 0.00155. The fourth-order valence-corrected chi connectivity index (χ4v) is 1.64. The van der Waals surface area contributed by atoms with Crippen molar-refractivity contribution in [2.75, 3.05) is 6.61 Å². The second-order valence-corrected chi connectivity index (χ2v) is 5.11. The van der Waals surface area contributed by atoms with E-state index in [1.165, 1.54) is 11.3 Å². The normalized spacial score (nSPS) is 10.5. The molecule has 1 aromatic heterocycles. The molecule has 13 heavy (non-hydrogen) atoms. The summed E-state index contributed by atoms with van der Waals surface area (Å²) in [6.45, 7) is 4.42. The van der Waals surface area contributed by atoms with E-state index < -0.39 is 0 Å². The first kappa shape index (κ1) is 10.7. The SMILES string of the molecule is CC(C)COC(=O)c1csc(Br)n1. The standard InChI is InChI=1S/C8H10BrNO2S/c1-5(2)3-12-7(11)6-4-13-8(9)10-6/h4-5H,3H2,1-2H3. The predicted molar refractivity (Wildman–Crippen MR) is 54.9 cm³/mol. The second-order valence-electron chi connectivity index (χ2n) is 2.98. The van der Waals surface area contributed by atoms with E-state index in [0.29, 0.717) is 22.1 Å². The van der Waals surface area contributed by atoms with E-state index in [4.69, 9.17) is 4.74 Å². The van der Waals surface area contributed by atoms with Gasteiger partial charge in [0.2, 0.25) is 0 Å². The lowest BCUT2D eigenvalue weighted by molar-refractivity contribution is 0.0453. The van der Waals surface area contributed by atoms with Gasteiger partial charge in [-0.25, -0.2) is 9.78 Å². The van der Waals surface area contributed by atoms with E-state index in [0.717, 1.165) is 0 Å². The van der Waals surface area contributed by atoms with Gasteiger partial charge < -0.3 is 4.74 Å². The Labute approximate surface area is 89.3 Å². The van der Waals surface area contributed by atoms with Crippen LogP contribution in [0.3, 0.4) is 0 Å². The fourth-order valence-electron chi connectivity index (χ4n) is 0.662. The van der Waals surface area contributed by atoms with Gasteiger partial charge in [-0.2, -0.15) is 0 Å². The first-order chi connectivity index (χ1) is 6.09. The molecule has 0 amide bonds. The molecule has 0 N–H and O–H groups in total. The molecule has 3 nitrogen and oxygen atoms in total. The third kappa shape index (κ3) is 3.44. The smallest absolute Gasteiger partial charge is 0.357 e. The van der Waals surface area contributed by atoms with Crippen molar-refractivity contribution in [3.63, 3.8) is 0 Å². The van der Waals surface area contributed by atoms with Gasteiger partial charge in [-0.05, 0) is 21.8 Å². The highest BCUT2D eigenvalue weighted by molar-refractivity contribution is 9.11. The number of carbonyl (C=O) groups excluding carboxylic acids is 1. The Morgan fingerprint density at radius 2 is 2.46 bits per heavy atom. The lowest BCUT2D eigenvalue weighted by atomic mass is 10.2. The molecular formula is C8H10BrNO2S. The zero-order valence-electron chi connectivity index (χ0n) is 7.41. The highest BCUT2D eigenvalue weighted by Gasteiger charge is 2.11. The lowest BCUT2D eigenvalue weighted by Gasteiger charge is -2.04. The number of ether oxygens (including phenoxy) is 1. The average Bonchev–Trinajstić information content (AvgIpc) is 2.47. The third-order valence-corrected chi connectivity index (χ3v) is 2.60. The van der Waals surface area contributed by atoms with Gasteiger partial charge in [0, 0.05) is 5.38 Å². The number of thiazole rings is 1. The third-order valence-electron chi connectivity index (χ3n) is 1.23. The number of hydrogen-bond acceptors (Lipinski definition) is 4. The van der Waals surface area contributed by atoms with Crippen LogP contribution in [0.15, 0.2) is 9.30 Å². The Kier molecular flexibility index (Phi) is 3.87. The van der Waals surface area contributed by atoms with Crippen LogP contribution in [0.1, 0.15) is 24.3 Å². The number of carbonyl (C=O) groups is 1. The summed E-state index contributed by atoms with van der Waals surface area (Å²) < 4.78 is 5.69. The maximum absolute atomic E-state index is 11.3. The lowest BCUT2D eigenvalue weighted by Crippen LogP contribution is -2.10. The molecule has 5 heteroatoms. The van der Waals surface area contributed by atoms with E-state index in [-0.39, 0.29) is 5.97 Å². The van der Waals surface area contributed by atoms with Crippen molar-refractivity contribution in [2.45, 2.75) is 13.8 Å². The molecule has 72 valence electrons. The first-order valence-corrected chi connectivity index (χ1v) is 5.55. The molecule has 0 unspecified atom stereocenters. The Bertz CT molecular complexity index is 298. The summed E-state index contributed by atoms with van der Waals surface area (Å²) in [6, 6.07) is 0. The summed E-state index contributed by atoms with van der Waals surface area (Å²) in [5, 5.41) is 1.67. The zero-order valence-corrected chi connectivity index (χ0v) is 9.81. The van der Waals surface area contributed by atoms with Crippen molar-refractivity contribution in [3.8, 4) is 0 Å². The average molecular weight is 264 g/mol. The molecule has 0 radical (unpaired) electrons. The van der Waals surface area contributed by atoms with Gasteiger partial charge in [0.15, 0.2) is 9.61 Å². The van der Waals surface area contributed by atoms with Crippen LogP contribution >= 0.6 is 27.3 Å².